The van der Waals surface area contributed by atoms with Gasteiger partial charge in [-0.15, -0.1) is 0 Å². The molecule has 3 aromatic heterocycles. The predicted molar refractivity (Wildman–Crippen MR) is 177 cm³/mol. The first-order valence-electron chi connectivity index (χ1n) is 15.7. The lowest BCUT2D eigenvalue weighted by molar-refractivity contribution is -0.123. The normalized spacial score (nSPS) is 18.3. The van der Waals surface area contributed by atoms with Crippen LogP contribution < -0.4 is 15.8 Å². The minimum atomic E-state index is -3.81. The first-order valence-corrected chi connectivity index (χ1v) is 18.0. The molecule has 3 atom stereocenters. The highest BCUT2D eigenvalue weighted by molar-refractivity contribution is 7.92. The van der Waals surface area contributed by atoms with Gasteiger partial charge in [0, 0.05) is 30.2 Å². The van der Waals surface area contributed by atoms with Gasteiger partial charge < -0.3 is 11.1 Å². The molecule has 0 radical (unpaired) electrons. The number of anilines is 2. The molecule has 3 heterocycles. The van der Waals surface area contributed by atoms with Crippen LogP contribution in [0.1, 0.15) is 59.4 Å². The SMILES string of the molecule is Cn1nc(NS(C)(=O)=O)c2c(Cl)ccc(-c3nc(N)cnc3C(Cc3cc(F)cc(F)c3)NC(=O)Cn3nc(C(F)F)c4c3C(F)(F)[C@@H]3CC[C@H]43)c21. The Kier molecular flexibility index (Phi) is 8.63. The third-order valence-corrected chi connectivity index (χ3v) is 10.1. The molecule has 2 aliphatic carbocycles. The number of nitrogens with one attached hydrogen (secondary N) is 2. The molecule has 2 aliphatic rings. The van der Waals surface area contributed by atoms with E-state index >= 15 is 8.78 Å². The molecule has 4 N–H and O–H groups in total. The summed E-state index contributed by atoms with van der Waals surface area (Å²) in [5, 5.41) is 10.9. The van der Waals surface area contributed by atoms with Gasteiger partial charge in [0.05, 0.1) is 45.8 Å². The van der Waals surface area contributed by atoms with Crippen molar-refractivity contribution in [1.82, 2.24) is 34.8 Å². The summed E-state index contributed by atoms with van der Waals surface area (Å²) in [5.74, 6) is -8.49. The minimum absolute atomic E-state index is 0.0147. The van der Waals surface area contributed by atoms with E-state index in [9.17, 15) is 30.8 Å². The number of carbonyl (C=O) groups is 1. The number of nitrogens with two attached hydrogens (primary N) is 1. The molecule has 0 saturated heterocycles. The number of halogens is 7. The summed E-state index contributed by atoms with van der Waals surface area (Å²) in [5.41, 5.74) is 4.82. The third kappa shape index (κ3) is 6.18. The molecule has 52 heavy (non-hydrogen) atoms. The topological polar surface area (TPSA) is 163 Å². The summed E-state index contributed by atoms with van der Waals surface area (Å²) < 4.78 is 116. The third-order valence-electron chi connectivity index (χ3n) is 9.27. The quantitative estimate of drug-likeness (QED) is 0.151. The average molecular weight is 768 g/mol. The molecule has 0 spiro atoms. The summed E-state index contributed by atoms with van der Waals surface area (Å²) in [6, 6.07) is 4.34. The van der Waals surface area contributed by atoms with Crippen LogP contribution >= 0.6 is 11.6 Å². The van der Waals surface area contributed by atoms with E-state index in [0.717, 1.165) is 24.6 Å². The highest BCUT2D eigenvalue weighted by atomic mass is 35.5. The van der Waals surface area contributed by atoms with Crippen LogP contribution in [0.25, 0.3) is 22.2 Å². The Morgan fingerprint density at radius 3 is 2.46 bits per heavy atom. The fourth-order valence-corrected chi connectivity index (χ4v) is 7.92. The number of carbonyl (C=O) groups excluding carboxylic acids is 1. The van der Waals surface area contributed by atoms with E-state index in [1.165, 1.54) is 23.9 Å². The van der Waals surface area contributed by atoms with E-state index in [1.807, 2.05) is 0 Å². The summed E-state index contributed by atoms with van der Waals surface area (Å²) in [6.07, 6.45) is -0.986. The van der Waals surface area contributed by atoms with Gasteiger partial charge in [-0.2, -0.15) is 19.0 Å². The molecule has 1 fully saturated rings. The summed E-state index contributed by atoms with van der Waals surface area (Å²) in [4.78, 5) is 22.6. The van der Waals surface area contributed by atoms with Gasteiger partial charge in [-0.3, -0.25) is 23.9 Å². The van der Waals surface area contributed by atoms with Gasteiger partial charge in [-0.05, 0) is 55.0 Å². The number of fused-ring (bicyclic) bond motifs is 4. The maximum Gasteiger partial charge on any atom is 0.293 e. The highest BCUT2D eigenvalue weighted by Gasteiger charge is 2.62. The number of hydrogen-bond donors (Lipinski definition) is 3. The lowest BCUT2D eigenvalue weighted by Crippen LogP contribution is -2.36. The van der Waals surface area contributed by atoms with Crippen molar-refractivity contribution in [2.24, 2.45) is 13.0 Å². The number of aryl methyl sites for hydroxylation is 1. The fraction of sp³-hybridized carbons (Fsp3) is 0.344. The van der Waals surface area contributed by atoms with E-state index in [-0.39, 0.29) is 74.9 Å². The molecular formula is C32H28ClF6N9O3S. The first kappa shape index (κ1) is 35.5. The maximum atomic E-state index is 15.5. The second kappa shape index (κ2) is 12.6. The van der Waals surface area contributed by atoms with Gasteiger partial charge in [0.25, 0.3) is 12.3 Å². The molecular weight excluding hydrogens is 740 g/mol. The van der Waals surface area contributed by atoms with Crippen molar-refractivity contribution in [2.45, 2.75) is 50.1 Å². The number of aromatic nitrogens is 6. The standard InChI is InChI=1S/C32H28ClF6N9O3S/c1-47-28-17(4-6-19(33)24(28)31(45-47)46-52(2,50)51)25-26(41-11-21(40)43-25)20(9-13-7-14(34)10-15(35)8-13)42-22(49)12-48-29-23(27(44-48)30(36)37)16-3-5-18(16)32(29,38)39/h4,6-8,10-11,16,18,20,30H,3,5,9,12H2,1-2H3,(H2,40,43)(H,42,49)(H,45,46)/t16-,18+,20?/m0/s1. The van der Waals surface area contributed by atoms with Gasteiger partial charge >= 0.3 is 0 Å². The van der Waals surface area contributed by atoms with Crippen molar-refractivity contribution in [2.75, 3.05) is 16.7 Å². The Morgan fingerprint density at radius 2 is 1.83 bits per heavy atom. The van der Waals surface area contributed by atoms with Crippen LogP contribution in [-0.4, -0.2) is 50.1 Å². The van der Waals surface area contributed by atoms with E-state index in [2.05, 4.69) is 30.2 Å². The number of sulfonamides is 1. The van der Waals surface area contributed by atoms with Gasteiger partial charge in [0.15, 0.2) is 5.82 Å². The molecule has 274 valence electrons. The average Bonchev–Trinajstić information content (AvgIpc) is 3.57. The Balaban J connectivity index is 1.33. The zero-order chi connectivity index (χ0) is 37.4. The maximum absolute atomic E-state index is 15.5. The number of hydrogen-bond acceptors (Lipinski definition) is 8. The van der Waals surface area contributed by atoms with E-state index in [1.54, 1.807) is 0 Å². The Labute approximate surface area is 296 Å². The van der Waals surface area contributed by atoms with Gasteiger partial charge in [0.1, 0.15) is 35.4 Å². The molecule has 0 aliphatic heterocycles. The second-order valence-corrected chi connectivity index (χ2v) is 15.0. The van der Waals surface area contributed by atoms with Crippen molar-refractivity contribution < 1.29 is 39.6 Å². The molecule has 20 heteroatoms. The van der Waals surface area contributed by atoms with Crippen LogP contribution in [0.15, 0.2) is 36.5 Å². The first-order chi connectivity index (χ1) is 24.4. The zero-order valence-electron chi connectivity index (χ0n) is 27.1. The molecule has 1 unspecified atom stereocenters. The number of nitrogens with zero attached hydrogens (tertiary/aromatic N) is 6. The van der Waals surface area contributed by atoms with Crippen molar-refractivity contribution in [3.63, 3.8) is 0 Å². The number of rotatable bonds is 10. The van der Waals surface area contributed by atoms with Crippen molar-refractivity contribution in [3.8, 4) is 11.3 Å². The van der Waals surface area contributed by atoms with E-state index < -0.39 is 75.7 Å². The van der Waals surface area contributed by atoms with Crippen molar-refractivity contribution in [1.29, 1.82) is 0 Å². The fourth-order valence-electron chi connectivity index (χ4n) is 7.18. The van der Waals surface area contributed by atoms with Crippen molar-refractivity contribution >= 4 is 50.1 Å². The zero-order valence-corrected chi connectivity index (χ0v) is 28.7. The molecule has 12 nitrogen and oxygen atoms in total. The Morgan fingerprint density at radius 1 is 1.12 bits per heavy atom. The van der Waals surface area contributed by atoms with Crippen LogP contribution in [-0.2, 0) is 40.8 Å². The summed E-state index contributed by atoms with van der Waals surface area (Å²) >= 11 is 6.50. The van der Waals surface area contributed by atoms with Crippen molar-refractivity contribution in [3.05, 3.63) is 81.4 Å². The number of benzene rings is 2. The largest absolute Gasteiger partial charge is 0.382 e. The smallest absolute Gasteiger partial charge is 0.293 e. The predicted octanol–water partition coefficient (Wildman–Crippen LogP) is 5.75. The van der Waals surface area contributed by atoms with E-state index in [0.29, 0.717) is 10.7 Å². The van der Waals surface area contributed by atoms with Gasteiger partial charge in [-0.1, -0.05) is 11.6 Å². The van der Waals surface area contributed by atoms with Crippen LogP contribution in [0.5, 0.6) is 0 Å². The van der Waals surface area contributed by atoms with Crippen LogP contribution in [0.4, 0.5) is 38.0 Å². The van der Waals surface area contributed by atoms with E-state index in [4.69, 9.17) is 17.3 Å². The second-order valence-electron chi connectivity index (χ2n) is 12.8. The lowest BCUT2D eigenvalue weighted by Gasteiger charge is -2.34. The highest BCUT2D eigenvalue weighted by Crippen LogP contribution is 2.63. The summed E-state index contributed by atoms with van der Waals surface area (Å²) in [7, 11) is -2.31. The monoisotopic (exact) mass is 767 g/mol. The Hall–Kier alpha value is -4.91. The summed E-state index contributed by atoms with van der Waals surface area (Å²) in [6.45, 7) is -0.900. The van der Waals surface area contributed by atoms with Gasteiger partial charge in [-0.25, -0.2) is 31.0 Å². The molecule has 1 saturated carbocycles. The molecule has 2 aromatic carbocycles. The lowest BCUT2D eigenvalue weighted by atomic mass is 9.73. The van der Waals surface area contributed by atoms with Crippen LogP contribution in [0.3, 0.4) is 0 Å². The molecule has 0 bridgehead atoms. The minimum Gasteiger partial charge on any atom is -0.382 e. The van der Waals surface area contributed by atoms with Crippen LogP contribution in [0.2, 0.25) is 5.02 Å². The number of nitrogen functional groups attached to an aromatic ring is 1. The molecule has 1 amide bonds. The van der Waals surface area contributed by atoms with Crippen LogP contribution in [0, 0.1) is 17.6 Å². The molecule has 7 rings (SSSR count). The van der Waals surface area contributed by atoms with Gasteiger partial charge in [0.2, 0.25) is 15.9 Å². The Bertz CT molecular complexity index is 2370. The number of alkyl halides is 4. The number of amides is 1. The molecule has 5 aromatic rings.